The summed E-state index contributed by atoms with van der Waals surface area (Å²) in [6.45, 7) is 0.0589. The molecule has 1 atom stereocenters. The van der Waals surface area contributed by atoms with Crippen molar-refractivity contribution < 1.29 is 32.6 Å². The Labute approximate surface area is 223 Å². The van der Waals surface area contributed by atoms with E-state index in [2.05, 4.69) is 15.9 Å². The van der Waals surface area contributed by atoms with Crippen molar-refractivity contribution in [3.63, 3.8) is 0 Å². The topological polar surface area (TPSA) is 117 Å². The molecule has 1 spiro atoms. The van der Waals surface area contributed by atoms with E-state index in [1.165, 1.54) is 17.0 Å². The van der Waals surface area contributed by atoms with Crippen LogP contribution in [-0.2, 0) is 30.9 Å². The van der Waals surface area contributed by atoms with Gasteiger partial charge in [-0.2, -0.15) is 4.31 Å². The molecule has 3 aliphatic rings. The molecule has 2 aromatic carbocycles. The summed E-state index contributed by atoms with van der Waals surface area (Å²) in [6, 6.07) is 15.6. The predicted octanol–water partition coefficient (Wildman–Crippen LogP) is 2.17. The standard InChI is InChI=1S/C25H28BrN3O7S/c26-20-6-8-21(9-7-20)37(33,34)28-14-22(31)29-16-24(36-25(29,17-28)18-30)10-12-27(13-11-24)23(32)35-15-19-4-2-1-3-5-19/h1-9,30H,10-18H2. The quantitative estimate of drug-likeness (QED) is 0.564. The first-order valence-electron chi connectivity index (χ1n) is 12.0. The van der Waals surface area contributed by atoms with Gasteiger partial charge in [0, 0.05) is 17.6 Å². The van der Waals surface area contributed by atoms with Gasteiger partial charge in [0.1, 0.15) is 6.61 Å². The third-order valence-corrected chi connectivity index (χ3v) is 9.55. The number of ether oxygens (including phenoxy) is 2. The van der Waals surface area contributed by atoms with Crippen LogP contribution in [0.5, 0.6) is 0 Å². The van der Waals surface area contributed by atoms with Crippen LogP contribution in [0.4, 0.5) is 4.79 Å². The molecule has 37 heavy (non-hydrogen) atoms. The maximum Gasteiger partial charge on any atom is 0.410 e. The molecule has 1 N–H and O–H groups in total. The Morgan fingerprint density at radius 3 is 2.38 bits per heavy atom. The first-order valence-corrected chi connectivity index (χ1v) is 14.2. The number of sulfonamides is 1. The fraction of sp³-hybridized carbons (Fsp3) is 0.440. The molecule has 0 aliphatic carbocycles. The zero-order chi connectivity index (χ0) is 26.3. The maximum atomic E-state index is 13.3. The molecule has 5 rings (SSSR count). The number of hydrogen-bond donors (Lipinski definition) is 1. The van der Waals surface area contributed by atoms with Crippen molar-refractivity contribution >= 4 is 38.0 Å². The number of aliphatic hydroxyl groups is 1. The van der Waals surface area contributed by atoms with Gasteiger partial charge in [-0.05, 0) is 42.7 Å². The zero-order valence-corrected chi connectivity index (χ0v) is 22.5. The van der Waals surface area contributed by atoms with E-state index in [1.54, 1.807) is 17.0 Å². The monoisotopic (exact) mass is 593 g/mol. The second-order valence-electron chi connectivity index (χ2n) is 9.62. The van der Waals surface area contributed by atoms with Crippen LogP contribution in [0.3, 0.4) is 0 Å². The molecule has 3 saturated heterocycles. The molecule has 3 heterocycles. The van der Waals surface area contributed by atoms with Gasteiger partial charge in [-0.3, -0.25) is 4.79 Å². The highest BCUT2D eigenvalue weighted by Crippen LogP contribution is 2.43. The maximum absolute atomic E-state index is 13.3. The van der Waals surface area contributed by atoms with Crippen LogP contribution in [0, 0.1) is 0 Å². The molecule has 12 heteroatoms. The lowest BCUT2D eigenvalue weighted by molar-refractivity contribution is -0.193. The van der Waals surface area contributed by atoms with Crippen LogP contribution in [0.25, 0.3) is 0 Å². The molecule has 0 radical (unpaired) electrons. The molecule has 3 aliphatic heterocycles. The first kappa shape index (κ1) is 26.1. The Balaban J connectivity index is 1.26. The number of benzene rings is 2. The lowest BCUT2D eigenvalue weighted by Gasteiger charge is -2.44. The van der Waals surface area contributed by atoms with Crippen LogP contribution in [-0.4, -0.2) is 90.3 Å². The van der Waals surface area contributed by atoms with Gasteiger partial charge in [0.2, 0.25) is 15.9 Å². The molecule has 0 aromatic heterocycles. The number of halogens is 1. The molecule has 10 nitrogen and oxygen atoms in total. The summed E-state index contributed by atoms with van der Waals surface area (Å²) in [7, 11) is -3.99. The summed E-state index contributed by atoms with van der Waals surface area (Å²) in [6.07, 6.45) is 0.436. The Bertz CT molecular complexity index is 1270. The molecule has 3 fully saturated rings. The average molecular weight is 594 g/mol. The van der Waals surface area contributed by atoms with Crippen molar-refractivity contribution in [3.8, 4) is 0 Å². The lowest BCUT2D eigenvalue weighted by atomic mass is 9.91. The average Bonchev–Trinajstić information content (AvgIpc) is 3.23. The van der Waals surface area contributed by atoms with Crippen molar-refractivity contribution in [1.29, 1.82) is 0 Å². The largest absolute Gasteiger partial charge is 0.445 e. The zero-order valence-electron chi connectivity index (χ0n) is 20.1. The molecule has 198 valence electrons. The van der Waals surface area contributed by atoms with Crippen LogP contribution in [0.2, 0.25) is 0 Å². The van der Waals surface area contributed by atoms with Crippen LogP contribution in [0.15, 0.2) is 64.0 Å². The highest BCUT2D eigenvalue weighted by Gasteiger charge is 2.60. The van der Waals surface area contributed by atoms with Crippen molar-refractivity contribution in [2.75, 3.05) is 39.3 Å². The number of aliphatic hydroxyl groups excluding tert-OH is 1. The first-order chi connectivity index (χ1) is 17.7. The van der Waals surface area contributed by atoms with Gasteiger partial charge in [0.05, 0.1) is 36.7 Å². The number of nitrogens with zero attached hydrogens (tertiary/aromatic N) is 3. The van der Waals surface area contributed by atoms with Crippen molar-refractivity contribution in [2.24, 2.45) is 0 Å². The number of carbonyl (C=O) groups is 2. The minimum Gasteiger partial charge on any atom is -0.445 e. The Morgan fingerprint density at radius 2 is 1.73 bits per heavy atom. The van der Waals surface area contributed by atoms with E-state index in [-0.39, 0.29) is 31.1 Å². The lowest BCUT2D eigenvalue weighted by Crippen LogP contribution is -2.65. The van der Waals surface area contributed by atoms with E-state index in [9.17, 15) is 23.1 Å². The third-order valence-electron chi connectivity index (χ3n) is 7.22. The fourth-order valence-electron chi connectivity index (χ4n) is 5.18. The molecule has 2 amide bonds. The predicted molar refractivity (Wildman–Crippen MR) is 136 cm³/mol. The minimum absolute atomic E-state index is 0.0556. The number of piperazine rings is 1. The summed E-state index contributed by atoms with van der Waals surface area (Å²) < 4.78 is 40.2. The van der Waals surface area contributed by atoms with Gasteiger partial charge >= 0.3 is 6.09 Å². The SMILES string of the molecule is O=C(OCc1ccccc1)N1CCC2(CC1)CN1C(=O)CN(S(=O)(=O)c3ccc(Br)cc3)CC1(CO)O2. The number of hydrogen-bond acceptors (Lipinski definition) is 7. The molecule has 2 aromatic rings. The van der Waals surface area contributed by atoms with E-state index in [4.69, 9.17) is 9.47 Å². The summed E-state index contributed by atoms with van der Waals surface area (Å²) in [5.74, 6) is -0.428. The smallest absolute Gasteiger partial charge is 0.410 e. The molecular weight excluding hydrogens is 566 g/mol. The van der Waals surface area contributed by atoms with Crippen molar-refractivity contribution in [2.45, 2.75) is 35.7 Å². The fourth-order valence-corrected chi connectivity index (χ4v) is 6.88. The Kier molecular flexibility index (Phi) is 7.05. The van der Waals surface area contributed by atoms with Crippen LogP contribution in [0.1, 0.15) is 18.4 Å². The Morgan fingerprint density at radius 1 is 1.05 bits per heavy atom. The van der Waals surface area contributed by atoms with Gasteiger partial charge in [0.15, 0.2) is 5.72 Å². The van der Waals surface area contributed by atoms with E-state index in [0.717, 1.165) is 14.3 Å². The summed E-state index contributed by atoms with van der Waals surface area (Å²) in [5.41, 5.74) is -1.37. The normalized spacial score (nSPS) is 23.8. The van der Waals surface area contributed by atoms with Crippen LogP contribution < -0.4 is 0 Å². The minimum atomic E-state index is -3.99. The Hall–Kier alpha value is -2.51. The number of rotatable bonds is 5. The number of fused-ring (bicyclic) bond motifs is 1. The van der Waals surface area contributed by atoms with Gasteiger partial charge in [-0.15, -0.1) is 0 Å². The summed E-state index contributed by atoms with van der Waals surface area (Å²) in [4.78, 5) is 28.8. The number of carbonyl (C=O) groups excluding carboxylic acids is 2. The highest BCUT2D eigenvalue weighted by atomic mass is 79.9. The second kappa shape index (κ2) is 9.99. The van der Waals surface area contributed by atoms with E-state index in [0.29, 0.717) is 25.9 Å². The molecule has 0 saturated carbocycles. The number of amides is 2. The number of piperidine rings is 1. The molecule has 0 bridgehead atoms. The highest BCUT2D eigenvalue weighted by molar-refractivity contribution is 9.10. The van der Waals surface area contributed by atoms with Gasteiger partial charge in [0.25, 0.3) is 0 Å². The second-order valence-corrected chi connectivity index (χ2v) is 12.5. The summed E-state index contributed by atoms with van der Waals surface area (Å²) in [5, 5.41) is 10.4. The van der Waals surface area contributed by atoms with E-state index < -0.39 is 40.0 Å². The molecule has 1 unspecified atom stereocenters. The molecular formula is C25H28BrN3O7S. The van der Waals surface area contributed by atoms with Gasteiger partial charge < -0.3 is 24.4 Å². The number of likely N-dealkylation sites (tertiary alicyclic amines) is 1. The summed E-state index contributed by atoms with van der Waals surface area (Å²) >= 11 is 3.29. The van der Waals surface area contributed by atoms with E-state index in [1.807, 2.05) is 30.3 Å². The van der Waals surface area contributed by atoms with E-state index >= 15 is 0 Å². The third kappa shape index (κ3) is 5.00. The van der Waals surface area contributed by atoms with Crippen LogP contribution >= 0.6 is 15.9 Å². The van der Waals surface area contributed by atoms with Gasteiger partial charge in [-0.25, -0.2) is 13.2 Å². The van der Waals surface area contributed by atoms with Crippen molar-refractivity contribution in [3.05, 3.63) is 64.6 Å². The van der Waals surface area contributed by atoms with Crippen molar-refractivity contribution in [1.82, 2.24) is 14.1 Å². The van der Waals surface area contributed by atoms with Gasteiger partial charge in [-0.1, -0.05) is 46.3 Å².